The second-order valence-corrected chi connectivity index (χ2v) is 11.6. The van der Waals surface area contributed by atoms with Gasteiger partial charge in [-0.05, 0) is 58.7 Å². The van der Waals surface area contributed by atoms with E-state index in [4.69, 9.17) is 47.0 Å². The summed E-state index contributed by atoms with van der Waals surface area (Å²) in [6.45, 7) is 1.96. The van der Waals surface area contributed by atoms with Crippen molar-refractivity contribution < 1.29 is 4.79 Å². The van der Waals surface area contributed by atoms with E-state index in [0.717, 1.165) is 12.1 Å². The van der Waals surface area contributed by atoms with Gasteiger partial charge in [-0.2, -0.15) is 0 Å². The molecule has 3 atom stereocenters. The van der Waals surface area contributed by atoms with E-state index in [-0.39, 0.29) is 17.4 Å². The fraction of sp³-hybridized carbons (Fsp3) is 0.381. The fourth-order valence-corrected chi connectivity index (χ4v) is 5.39. The summed E-state index contributed by atoms with van der Waals surface area (Å²) in [7, 11) is 0. The van der Waals surface area contributed by atoms with Crippen molar-refractivity contribution in [2.24, 2.45) is 5.92 Å². The molecule has 2 aromatic rings. The van der Waals surface area contributed by atoms with Gasteiger partial charge in [0, 0.05) is 41.8 Å². The third-order valence-electron chi connectivity index (χ3n) is 5.76. The van der Waals surface area contributed by atoms with Gasteiger partial charge in [0.2, 0.25) is 3.79 Å². The number of halogens is 4. The second kappa shape index (κ2) is 9.50. The van der Waals surface area contributed by atoms with E-state index in [0.29, 0.717) is 34.8 Å². The first-order valence-corrected chi connectivity index (χ1v) is 12.3. The molecule has 0 unspecified atom stereocenters. The lowest BCUT2D eigenvalue weighted by molar-refractivity contribution is 0.0932. The number of alkyl halides is 3. The summed E-state index contributed by atoms with van der Waals surface area (Å²) in [4.78, 5) is 27.0. The third kappa shape index (κ3) is 5.09. The van der Waals surface area contributed by atoms with Crippen LogP contribution in [0.3, 0.4) is 0 Å². The van der Waals surface area contributed by atoms with Gasteiger partial charge >= 0.3 is 0 Å². The molecule has 2 aliphatic heterocycles. The zero-order chi connectivity index (χ0) is 23.0. The molecule has 1 aromatic heterocycles. The molecular weight excluding hydrogens is 559 g/mol. The van der Waals surface area contributed by atoms with Gasteiger partial charge in [0.15, 0.2) is 5.11 Å². The maximum absolute atomic E-state index is 12.8. The van der Waals surface area contributed by atoms with E-state index in [1.807, 2.05) is 15.5 Å². The molecule has 6 nitrogen and oxygen atoms in total. The van der Waals surface area contributed by atoms with Gasteiger partial charge in [-0.3, -0.25) is 9.59 Å². The lowest BCUT2D eigenvalue weighted by Gasteiger charge is -2.44. The molecule has 1 aromatic carbocycles. The van der Waals surface area contributed by atoms with Crippen LogP contribution in [0.4, 0.5) is 0 Å². The zero-order valence-electron chi connectivity index (χ0n) is 16.7. The molecule has 3 heterocycles. The maximum Gasteiger partial charge on any atom is 0.254 e. The number of aromatic nitrogens is 1. The monoisotopic (exact) mass is 576 g/mol. The van der Waals surface area contributed by atoms with Crippen LogP contribution in [-0.4, -0.2) is 43.5 Å². The molecule has 4 rings (SSSR count). The number of fused-ring (bicyclic) bond motifs is 4. The van der Waals surface area contributed by atoms with Crippen LogP contribution < -0.4 is 16.2 Å². The largest absolute Gasteiger partial charge is 0.348 e. The van der Waals surface area contributed by atoms with Gasteiger partial charge in [-0.1, -0.05) is 53.0 Å². The Kier molecular flexibility index (Phi) is 7.08. The number of piperidine rings is 1. The number of hydrogen-bond donors (Lipinski definition) is 2. The van der Waals surface area contributed by atoms with Gasteiger partial charge in [-0.15, -0.1) is 0 Å². The van der Waals surface area contributed by atoms with Gasteiger partial charge in [0.05, 0.1) is 5.56 Å². The first-order chi connectivity index (χ1) is 15.1. The van der Waals surface area contributed by atoms with E-state index < -0.39 is 15.9 Å². The highest BCUT2D eigenvalue weighted by atomic mass is 79.9. The summed E-state index contributed by atoms with van der Waals surface area (Å²) in [6.07, 6.45) is -0.0499. The number of nitrogens with zero attached hydrogens (tertiary/aromatic N) is 2. The number of nitrogens with one attached hydrogen (secondary N) is 2. The quantitative estimate of drug-likeness (QED) is 0.327. The van der Waals surface area contributed by atoms with Crippen LogP contribution in [0.1, 0.15) is 28.4 Å². The Labute approximate surface area is 214 Å². The lowest BCUT2D eigenvalue weighted by Crippen LogP contribution is -2.60. The Morgan fingerprint density at radius 1 is 1.09 bits per heavy atom. The number of benzene rings is 1. The van der Waals surface area contributed by atoms with Crippen molar-refractivity contribution in [1.29, 1.82) is 0 Å². The first-order valence-electron chi connectivity index (χ1n) is 10.0. The molecule has 0 aliphatic carbocycles. The minimum Gasteiger partial charge on any atom is -0.348 e. The van der Waals surface area contributed by atoms with Crippen LogP contribution in [0.5, 0.6) is 0 Å². The molecule has 11 heteroatoms. The normalized spacial score (nSPS) is 20.8. The summed E-state index contributed by atoms with van der Waals surface area (Å²) in [5, 5.41) is 6.12. The highest BCUT2D eigenvalue weighted by Gasteiger charge is 2.39. The SMILES string of the molecule is O=C(N[C@H](NC(=S)N1C[C@H]2C[C@@H](C1)c1cccc(=O)n1C2)C(Cl)(Cl)Cl)c1ccccc1Br. The van der Waals surface area contributed by atoms with Crippen molar-refractivity contribution in [3.63, 3.8) is 0 Å². The standard InChI is InChI=1S/C21H20BrCl3N4O2S/c22-15-5-2-1-4-14(15)18(31)26-19(21(23,24)25)27-20(32)28-9-12-8-13(11-28)16-6-3-7-17(30)29(16)10-12/h1-7,12-13,19H,8-11H2,(H,26,31)(H,27,32)/t12-,13+,19-/m1/s1. The van der Waals surface area contributed by atoms with Crippen LogP contribution in [-0.2, 0) is 6.54 Å². The summed E-state index contributed by atoms with van der Waals surface area (Å²) in [5.74, 6) is 0.0484. The molecule has 2 bridgehead atoms. The molecule has 2 aliphatic rings. The maximum atomic E-state index is 12.8. The second-order valence-electron chi connectivity index (χ2n) is 7.98. The molecule has 2 N–H and O–H groups in total. The number of amides is 1. The van der Waals surface area contributed by atoms with Crippen molar-refractivity contribution in [1.82, 2.24) is 20.1 Å². The number of hydrogen-bond acceptors (Lipinski definition) is 3. The number of carbonyl (C=O) groups excluding carboxylic acids is 1. The number of rotatable bonds is 3. The highest BCUT2D eigenvalue weighted by molar-refractivity contribution is 9.10. The number of carbonyl (C=O) groups is 1. The summed E-state index contributed by atoms with van der Waals surface area (Å²) in [6, 6.07) is 12.3. The summed E-state index contributed by atoms with van der Waals surface area (Å²) < 4.78 is 0.641. The molecule has 1 amide bonds. The van der Waals surface area contributed by atoms with Gasteiger partial charge in [-0.25, -0.2) is 0 Å². The van der Waals surface area contributed by atoms with Crippen LogP contribution >= 0.6 is 63.0 Å². The van der Waals surface area contributed by atoms with E-state index in [1.165, 1.54) is 0 Å². The molecular formula is C21H20BrCl3N4O2S. The van der Waals surface area contributed by atoms with E-state index in [2.05, 4.69) is 26.6 Å². The Hall–Kier alpha value is -1.32. The van der Waals surface area contributed by atoms with Crippen LogP contribution in [0.2, 0.25) is 0 Å². The average molecular weight is 579 g/mol. The smallest absolute Gasteiger partial charge is 0.254 e. The molecule has 32 heavy (non-hydrogen) atoms. The topological polar surface area (TPSA) is 66.4 Å². The predicted octanol–water partition coefficient (Wildman–Crippen LogP) is 4.03. The minimum absolute atomic E-state index is 0.0254. The fourth-order valence-electron chi connectivity index (χ4n) is 4.33. The molecule has 1 saturated heterocycles. The number of thiocarbonyl (C=S) groups is 1. The first kappa shape index (κ1) is 23.8. The van der Waals surface area contributed by atoms with Gasteiger partial charge in [0.1, 0.15) is 6.17 Å². The van der Waals surface area contributed by atoms with E-state index in [1.54, 1.807) is 36.4 Å². The van der Waals surface area contributed by atoms with Crippen molar-refractivity contribution in [3.05, 3.63) is 68.5 Å². The number of likely N-dealkylation sites (tertiary alicyclic amines) is 1. The van der Waals surface area contributed by atoms with Crippen molar-refractivity contribution >= 4 is 74.0 Å². The van der Waals surface area contributed by atoms with Crippen molar-refractivity contribution in [2.75, 3.05) is 13.1 Å². The molecule has 170 valence electrons. The van der Waals surface area contributed by atoms with Crippen molar-refractivity contribution in [3.8, 4) is 0 Å². The Balaban J connectivity index is 1.48. The van der Waals surface area contributed by atoms with Gasteiger partial charge in [0.25, 0.3) is 11.5 Å². The van der Waals surface area contributed by atoms with Gasteiger partial charge < -0.3 is 20.1 Å². The number of pyridine rings is 1. The molecule has 0 radical (unpaired) electrons. The average Bonchev–Trinajstić information content (AvgIpc) is 2.73. The summed E-state index contributed by atoms with van der Waals surface area (Å²) >= 11 is 27.5. The third-order valence-corrected chi connectivity index (χ3v) is 7.48. The molecule has 0 saturated carbocycles. The predicted molar refractivity (Wildman–Crippen MR) is 135 cm³/mol. The minimum atomic E-state index is -1.84. The summed E-state index contributed by atoms with van der Waals surface area (Å²) in [5.41, 5.74) is 1.45. The molecule has 0 spiro atoms. The highest BCUT2D eigenvalue weighted by Crippen LogP contribution is 2.35. The van der Waals surface area contributed by atoms with Crippen LogP contribution in [0.25, 0.3) is 0 Å². The Morgan fingerprint density at radius 3 is 2.56 bits per heavy atom. The molecule has 1 fully saturated rings. The lowest BCUT2D eigenvalue weighted by atomic mass is 9.83. The van der Waals surface area contributed by atoms with E-state index in [9.17, 15) is 9.59 Å². The Bertz CT molecular complexity index is 1110. The van der Waals surface area contributed by atoms with E-state index >= 15 is 0 Å². The zero-order valence-corrected chi connectivity index (χ0v) is 21.4. The van der Waals surface area contributed by atoms with Crippen molar-refractivity contribution in [2.45, 2.75) is 28.8 Å². The Morgan fingerprint density at radius 2 is 1.84 bits per heavy atom. The van der Waals surface area contributed by atoms with Crippen LogP contribution in [0, 0.1) is 5.92 Å². The van der Waals surface area contributed by atoms with Crippen LogP contribution in [0.15, 0.2) is 51.7 Å².